The van der Waals surface area contributed by atoms with Gasteiger partial charge in [-0.15, -0.1) is 0 Å². The number of rotatable bonds is 9. The molecule has 0 spiro atoms. The van der Waals surface area contributed by atoms with E-state index in [0.29, 0.717) is 43.9 Å². The molecule has 4 rings (SSSR count). The summed E-state index contributed by atoms with van der Waals surface area (Å²) in [6, 6.07) is 24.2. The summed E-state index contributed by atoms with van der Waals surface area (Å²) in [5.74, 6) is -0.795. The largest absolute Gasteiger partial charge is 0.449 e. The molecule has 0 aromatic heterocycles. The maximum Gasteiger partial charge on any atom is 0.307 e. The molecular weight excluding hydrogens is 466 g/mol. The number of hydrogen-bond donors (Lipinski definition) is 0. The minimum absolute atomic E-state index is 0.0565. The molecule has 0 amide bonds. The van der Waals surface area contributed by atoms with E-state index in [9.17, 15) is 18.0 Å². The lowest BCUT2D eigenvalue weighted by molar-refractivity contribution is -0.147. The van der Waals surface area contributed by atoms with Crippen LogP contribution >= 0.6 is 0 Å². The van der Waals surface area contributed by atoms with Crippen LogP contribution in [0.2, 0.25) is 0 Å². The zero-order valence-electron chi connectivity index (χ0n) is 19.2. The monoisotopic (exact) mass is 493 g/mol. The molecule has 0 radical (unpaired) electrons. The lowest BCUT2D eigenvalue weighted by atomic mass is 10.00. The summed E-state index contributed by atoms with van der Waals surface area (Å²) >= 11 is 0. The standard InChI is InChI=1S/C27H27NO6S/c29-25(34-27(23-9-5-2-6-10-23)26(30)22-7-3-1-4-8-22)16-13-21-11-14-24(15-12-21)35(31,32)28-17-19-33-20-18-28/h1-12,14-15,27H,13,16-20H2. The van der Waals surface area contributed by atoms with Crippen molar-refractivity contribution in [1.29, 1.82) is 0 Å². The van der Waals surface area contributed by atoms with Gasteiger partial charge in [0, 0.05) is 30.6 Å². The number of ketones is 1. The Bertz CT molecular complexity index is 1240. The Kier molecular flexibility index (Phi) is 8.07. The van der Waals surface area contributed by atoms with Gasteiger partial charge >= 0.3 is 5.97 Å². The molecule has 3 aromatic rings. The highest BCUT2D eigenvalue weighted by Gasteiger charge is 2.27. The second-order valence-electron chi connectivity index (χ2n) is 8.17. The molecular formula is C27H27NO6S. The topological polar surface area (TPSA) is 90.0 Å². The van der Waals surface area contributed by atoms with Gasteiger partial charge in [0.2, 0.25) is 15.8 Å². The quantitative estimate of drug-likeness (QED) is 0.333. The Hall–Kier alpha value is -3.33. The minimum Gasteiger partial charge on any atom is -0.449 e. The van der Waals surface area contributed by atoms with Crippen molar-refractivity contribution in [2.24, 2.45) is 0 Å². The van der Waals surface area contributed by atoms with Crippen LogP contribution in [0.5, 0.6) is 0 Å². The van der Waals surface area contributed by atoms with Crippen molar-refractivity contribution in [1.82, 2.24) is 4.31 Å². The fourth-order valence-electron chi connectivity index (χ4n) is 3.86. The van der Waals surface area contributed by atoms with Gasteiger partial charge in [0.25, 0.3) is 0 Å². The zero-order valence-corrected chi connectivity index (χ0v) is 20.0. The minimum atomic E-state index is -3.57. The number of nitrogens with zero attached hydrogens (tertiary/aromatic N) is 1. The second-order valence-corrected chi connectivity index (χ2v) is 10.1. The maximum atomic E-state index is 13.1. The van der Waals surface area contributed by atoms with E-state index >= 15 is 0 Å². The summed E-state index contributed by atoms with van der Waals surface area (Å²) < 4.78 is 37.8. The van der Waals surface area contributed by atoms with E-state index in [-0.39, 0.29) is 17.1 Å². The third-order valence-electron chi connectivity index (χ3n) is 5.80. The number of aryl methyl sites for hydroxylation is 1. The molecule has 1 aliphatic heterocycles. The summed E-state index contributed by atoms with van der Waals surface area (Å²) in [5.41, 5.74) is 1.87. The lowest BCUT2D eigenvalue weighted by Gasteiger charge is -2.26. The highest BCUT2D eigenvalue weighted by Crippen LogP contribution is 2.24. The van der Waals surface area contributed by atoms with E-state index < -0.39 is 22.1 Å². The van der Waals surface area contributed by atoms with Crippen LogP contribution in [0.3, 0.4) is 0 Å². The van der Waals surface area contributed by atoms with E-state index in [0.717, 1.165) is 5.56 Å². The Balaban J connectivity index is 1.40. The normalized spacial score (nSPS) is 15.3. The lowest BCUT2D eigenvalue weighted by Crippen LogP contribution is -2.40. The number of carbonyl (C=O) groups is 2. The van der Waals surface area contributed by atoms with Crippen LogP contribution < -0.4 is 0 Å². The summed E-state index contributed by atoms with van der Waals surface area (Å²) in [6.45, 7) is 1.44. The van der Waals surface area contributed by atoms with Gasteiger partial charge in [-0.2, -0.15) is 4.31 Å². The smallest absolute Gasteiger partial charge is 0.307 e. The van der Waals surface area contributed by atoms with Gasteiger partial charge in [-0.3, -0.25) is 9.59 Å². The van der Waals surface area contributed by atoms with Crippen molar-refractivity contribution in [3.8, 4) is 0 Å². The van der Waals surface area contributed by atoms with Crippen LogP contribution in [-0.2, 0) is 30.7 Å². The van der Waals surface area contributed by atoms with Gasteiger partial charge in [-0.05, 0) is 24.1 Å². The molecule has 1 aliphatic rings. The van der Waals surface area contributed by atoms with E-state index in [4.69, 9.17) is 9.47 Å². The Morgan fingerprint density at radius 3 is 2.09 bits per heavy atom. The molecule has 182 valence electrons. The third kappa shape index (κ3) is 6.22. The van der Waals surface area contributed by atoms with Gasteiger partial charge in [0.05, 0.1) is 18.1 Å². The highest BCUT2D eigenvalue weighted by molar-refractivity contribution is 7.89. The molecule has 3 aromatic carbocycles. The first-order valence-corrected chi connectivity index (χ1v) is 12.9. The first-order chi connectivity index (χ1) is 16.9. The molecule has 1 fully saturated rings. The predicted molar refractivity (Wildman–Crippen MR) is 130 cm³/mol. The van der Waals surface area contributed by atoms with Gasteiger partial charge in [-0.25, -0.2) is 8.42 Å². The number of esters is 1. The Morgan fingerprint density at radius 2 is 1.46 bits per heavy atom. The van der Waals surface area contributed by atoms with E-state index in [1.165, 1.54) is 4.31 Å². The predicted octanol–water partition coefficient (Wildman–Crippen LogP) is 3.81. The molecule has 35 heavy (non-hydrogen) atoms. The van der Waals surface area contributed by atoms with Gasteiger partial charge < -0.3 is 9.47 Å². The van der Waals surface area contributed by atoms with Gasteiger partial charge in [-0.1, -0.05) is 72.8 Å². The van der Waals surface area contributed by atoms with Crippen LogP contribution in [0.15, 0.2) is 89.8 Å². The van der Waals surface area contributed by atoms with E-state index in [2.05, 4.69) is 0 Å². The first kappa shape index (κ1) is 24.8. The van der Waals surface area contributed by atoms with Gasteiger partial charge in [0.1, 0.15) is 0 Å². The molecule has 1 unspecified atom stereocenters. The van der Waals surface area contributed by atoms with Crippen molar-refractivity contribution in [2.45, 2.75) is 23.8 Å². The van der Waals surface area contributed by atoms with Crippen LogP contribution in [0.4, 0.5) is 0 Å². The second kappa shape index (κ2) is 11.4. The van der Waals surface area contributed by atoms with Crippen LogP contribution in [0, 0.1) is 0 Å². The summed E-state index contributed by atoms with van der Waals surface area (Å²) in [4.78, 5) is 26.0. The summed E-state index contributed by atoms with van der Waals surface area (Å²) in [6.07, 6.45) is -0.620. The zero-order chi connectivity index (χ0) is 24.7. The van der Waals surface area contributed by atoms with Crippen molar-refractivity contribution >= 4 is 21.8 Å². The van der Waals surface area contributed by atoms with Crippen molar-refractivity contribution in [2.75, 3.05) is 26.3 Å². The number of Topliss-reactive ketones (excluding diaryl/α,β-unsaturated/α-hetero) is 1. The van der Waals surface area contributed by atoms with E-state index in [1.54, 1.807) is 72.8 Å². The number of morpholine rings is 1. The fraction of sp³-hybridized carbons (Fsp3) is 0.259. The molecule has 7 nitrogen and oxygen atoms in total. The molecule has 0 saturated carbocycles. The molecule has 1 saturated heterocycles. The Labute approximate surface area is 205 Å². The van der Waals surface area contributed by atoms with Crippen molar-refractivity contribution in [3.63, 3.8) is 0 Å². The number of ether oxygens (including phenoxy) is 2. The molecule has 0 bridgehead atoms. The number of benzene rings is 3. The highest BCUT2D eigenvalue weighted by atomic mass is 32.2. The van der Waals surface area contributed by atoms with Crippen molar-refractivity contribution in [3.05, 3.63) is 102 Å². The maximum absolute atomic E-state index is 13.1. The first-order valence-electron chi connectivity index (χ1n) is 11.5. The third-order valence-corrected chi connectivity index (χ3v) is 7.71. The molecule has 0 N–H and O–H groups in total. The molecule has 0 aliphatic carbocycles. The SMILES string of the molecule is O=C(CCc1ccc(S(=O)(=O)N2CCOCC2)cc1)OC(C(=O)c1ccccc1)c1ccccc1. The average molecular weight is 494 g/mol. The summed E-state index contributed by atoms with van der Waals surface area (Å²) in [7, 11) is -3.57. The Morgan fingerprint density at radius 1 is 0.857 bits per heavy atom. The molecule has 1 atom stereocenters. The average Bonchev–Trinajstić information content (AvgIpc) is 2.92. The molecule has 8 heteroatoms. The van der Waals surface area contributed by atoms with Crippen molar-refractivity contribution < 1.29 is 27.5 Å². The fourth-order valence-corrected chi connectivity index (χ4v) is 5.26. The summed E-state index contributed by atoms with van der Waals surface area (Å²) in [5, 5.41) is 0. The van der Waals surface area contributed by atoms with E-state index in [1.807, 2.05) is 12.1 Å². The van der Waals surface area contributed by atoms with Crippen LogP contribution in [0.1, 0.15) is 34.0 Å². The molecule has 1 heterocycles. The van der Waals surface area contributed by atoms with Crippen LogP contribution in [-0.4, -0.2) is 50.8 Å². The number of hydrogen-bond acceptors (Lipinski definition) is 6. The van der Waals surface area contributed by atoms with Gasteiger partial charge in [0.15, 0.2) is 6.10 Å². The van der Waals surface area contributed by atoms with Crippen LogP contribution in [0.25, 0.3) is 0 Å². The number of carbonyl (C=O) groups excluding carboxylic acids is 2. The number of sulfonamides is 1.